The number of halogens is 1. The van der Waals surface area contributed by atoms with Gasteiger partial charge in [0.25, 0.3) is 5.91 Å². The van der Waals surface area contributed by atoms with Crippen LogP contribution in [0.2, 0.25) is 23.7 Å². The molecule has 4 heterocycles. The van der Waals surface area contributed by atoms with Crippen LogP contribution in [0.5, 0.6) is 0 Å². The van der Waals surface area contributed by atoms with Crippen molar-refractivity contribution in [3.63, 3.8) is 0 Å². The molecular weight excluding hydrogens is 670 g/mol. The summed E-state index contributed by atoms with van der Waals surface area (Å²) in [5.74, 6) is -0.687. The van der Waals surface area contributed by atoms with Gasteiger partial charge in [0.2, 0.25) is 5.91 Å². The molecule has 262 valence electrons. The molecule has 12 heteroatoms. The lowest BCUT2D eigenvalue weighted by Crippen LogP contribution is -2.46. The van der Waals surface area contributed by atoms with Crippen LogP contribution in [0.1, 0.15) is 60.9 Å². The smallest absolute Gasteiger partial charge is 0.264 e. The van der Waals surface area contributed by atoms with Crippen molar-refractivity contribution in [3.05, 3.63) is 106 Å². The summed E-state index contributed by atoms with van der Waals surface area (Å²) in [5, 5.41) is 19.4. The fraction of sp³-hybridized carbons (Fsp3) is 0.421. The van der Waals surface area contributed by atoms with Gasteiger partial charge in [0.15, 0.2) is 13.9 Å². The normalized spacial score (nSPS) is 24.3. The highest BCUT2D eigenvalue weighted by molar-refractivity contribution is 6.71. The lowest BCUT2D eigenvalue weighted by atomic mass is 9.82. The SMILES string of the molecule is C[C@H]1[C@H]([Si](C)(C)O)[C@@H](CCn2cc(C(CO)c3ccccc3)nn2)O[C@]12C(=O)N(Cc1cccc(N3CCCCC3=O)c1)c1ccc(Cl)cc12. The minimum atomic E-state index is -2.88. The van der Waals surface area contributed by atoms with E-state index in [0.717, 1.165) is 35.3 Å². The monoisotopic (exact) mass is 713 g/mol. The summed E-state index contributed by atoms with van der Waals surface area (Å²) < 4.78 is 8.74. The second-order valence-electron chi connectivity index (χ2n) is 14.4. The molecule has 1 spiro atoms. The van der Waals surface area contributed by atoms with Gasteiger partial charge in [0, 0.05) is 53.4 Å². The second-order valence-corrected chi connectivity index (χ2v) is 18.8. The molecule has 5 atom stereocenters. The molecule has 0 radical (unpaired) electrons. The van der Waals surface area contributed by atoms with Crippen molar-refractivity contribution in [1.82, 2.24) is 15.0 Å². The number of aromatic nitrogens is 3. The van der Waals surface area contributed by atoms with E-state index in [4.69, 9.17) is 16.3 Å². The number of hydrogen-bond donors (Lipinski definition) is 2. The molecule has 10 nitrogen and oxygen atoms in total. The second kappa shape index (κ2) is 13.7. The molecule has 1 aromatic heterocycles. The van der Waals surface area contributed by atoms with E-state index in [1.807, 2.05) is 97.8 Å². The minimum absolute atomic E-state index is 0.0951. The zero-order chi connectivity index (χ0) is 35.2. The third kappa shape index (κ3) is 6.19. The molecule has 2 fully saturated rings. The summed E-state index contributed by atoms with van der Waals surface area (Å²) in [6.45, 7) is 7.18. The summed E-state index contributed by atoms with van der Waals surface area (Å²) in [6.07, 6.45) is 4.33. The van der Waals surface area contributed by atoms with Crippen LogP contribution in [-0.4, -0.2) is 64.3 Å². The number of aliphatic hydroxyl groups is 1. The van der Waals surface area contributed by atoms with Crippen LogP contribution in [0.15, 0.2) is 79.0 Å². The van der Waals surface area contributed by atoms with Crippen LogP contribution >= 0.6 is 11.6 Å². The van der Waals surface area contributed by atoms with Gasteiger partial charge < -0.3 is 24.4 Å². The Morgan fingerprint density at radius 3 is 2.60 bits per heavy atom. The predicted molar refractivity (Wildman–Crippen MR) is 194 cm³/mol. The Bertz CT molecular complexity index is 1880. The first-order valence-electron chi connectivity index (χ1n) is 17.5. The fourth-order valence-electron chi connectivity index (χ4n) is 8.46. The first kappa shape index (κ1) is 34.6. The summed E-state index contributed by atoms with van der Waals surface area (Å²) in [5.41, 5.74) is 3.24. The molecule has 4 aromatic rings. The van der Waals surface area contributed by atoms with Gasteiger partial charge in [-0.05, 0) is 73.8 Å². The topological polar surface area (TPSA) is 121 Å². The molecule has 7 rings (SSSR count). The van der Waals surface area contributed by atoms with Gasteiger partial charge in [0.05, 0.1) is 36.6 Å². The number of aliphatic hydroxyl groups excluding tert-OH is 1. The number of amides is 2. The number of nitrogens with zero attached hydrogens (tertiary/aromatic N) is 5. The first-order valence-corrected chi connectivity index (χ1v) is 20.9. The number of rotatable bonds is 10. The van der Waals surface area contributed by atoms with Gasteiger partial charge in [-0.15, -0.1) is 5.10 Å². The van der Waals surface area contributed by atoms with Crippen molar-refractivity contribution in [2.75, 3.05) is 23.0 Å². The number of benzene rings is 3. The Morgan fingerprint density at radius 2 is 1.86 bits per heavy atom. The lowest BCUT2D eigenvalue weighted by molar-refractivity contribution is -0.146. The van der Waals surface area contributed by atoms with E-state index in [-0.39, 0.29) is 35.8 Å². The Balaban J connectivity index is 1.17. The van der Waals surface area contributed by atoms with E-state index >= 15 is 0 Å². The molecule has 2 amide bonds. The van der Waals surface area contributed by atoms with Crippen LogP contribution in [0.25, 0.3) is 0 Å². The molecule has 2 saturated heterocycles. The zero-order valence-electron chi connectivity index (χ0n) is 28.7. The molecule has 1 unspecified atom stereocenters. The van der Waals surface area contributed by atoms with Crippen molar-refractivity contribution >= 4 is 43.1 Å². The fourth-order valence-corrected chi connectivity index (χ4v) is 11.2. The standard InChI is InChI=1S/C38H44ClN5O5Si/c1-25-36(50(2,3)48)34(17-19-42-23-32(40-41-42)30(24-45)27-11-5-4-6-12-27)49-38(25)31-21-28(39)15-16-33(31)44(37(38)47)22-26-10-9-13-29(20-26)43-18-8-7-14-35(43)46/h4-6,9-13,15-16,20-21,23,25,30,34,36,45,48H,7-8,14,17-19,22,24H2,1-3H3/t25-,30?,34+,36-,38+/m0/s1. The average Bonchev–Trinajstić information content (AvgIpc) is 3.75. The number of ether oxygens (including phenoxy) is 1. The Morgan fingerprint density at radius 1 is 1.06 bits per heavy atom. The maximum Gasteiger partial charge on any atom is 0.264 e. The van der Waals surface area contributed by atoms with Gasteiger partial charge >= 0.3 is 0 Å². The Labute approximate surface area is 298 Å². The minimum Gasteiger partial charge on any atom is -0.432 e. The van der Waals surface area contributed by atoms with E-state index in [0.29, 0.717) is 48.8 Å². The molecule has 3 aliphatic heterocycles. The summed E-state index contributed by atoms with van der Waals surface area (Å²) >= 11 is 6.60. The lowest BCUT2D eigenvalue weighted by Gasteiger charge is -2.32. The van der Waals surface area contributed by atoms with Crippen LogP contribution in [0.3, 0.4) is 0 Å². The van der Waals surface area contributed by atoms with Crippen molar-refractivity contribution in [3.8, 4) is 0 Å². The van der Waals surface area contributed by atoms with Gasteiger partial charge in [-0.25, -0.2) is 0 Å². The van der Waals surface area contributed by atoms with Gasteiger partial charge in [-0.3, -0.25) is 14.3 Å². The maximum absolute atomic E-state index is 14.9. The Kier molecular flexibility index (Phi) is 9.46. The molecule has 3 aliphatic rings. The quantitative estimate of drug-likeness (QED) is 0.193. The summed E-state index contributed by atoms with van der Waals surface area (Å²) in [6, 6.07) is 23.1. The highest BCUT2D eigenvalue weighted by Crippen LogP contribution is 2.60. The van der Waals surface area contributed by atoms with E-state index in [2.05, 4.69) is 10.3 Å². The molecule has 50 heavy (non-hydrogen) atoms. The first-order chi connectivity index (χ1) is 24.0. The van der Waals surface area contributed by atoms with E-state index < -0.39 is 20.0 Å². The van der Waals surface area contributed by atoms with Crippen LogP contribution in [0, 0.1) is 5.92 Å². The number of hydrogen-bond acceptors (Lipinski definition) is 7. The number of piperidine rings is 1. The number of aryl methyl sites for hydroxylation is 1. The van der Waals surface area contributed by atoms with Crippen LogP contribution in [-0.2, 0) is 33.0 Å². The molecule has 0 bridgehead atoms. The molecular formula is C38H44ClN5O5Si. The molecule has 2 N–H and O–H groups in total. The van der Waals surface area contributed by atoms with Crippen molar-refractivity contribution in [2.24, 2.45) is 5.92 Å². The molecule has 0 aliphatic carbocycles. The number of fused-ring (bicyclic) bond motifs is 2. The Hall–Kier alpha value is -3.87. The largest absolute Gasteiger partial charge is 0.432 e. The van der Waals surface area contributed by atoms with E-state index in [1.165, 1.54) is 0 Å². The molecule has 0 saturated carbocycles. The maximum atomic E-state index is 14.9. The van der Waals surface area contributed by atoms with Gasteiger partial charge in [0.1, 0.15) is 0 Å². The van der Waals surface area contributed by atoms with Crippen LogP contribution < -0.4 is 9.80 Å². The zero-order valence-corrected chi connectivity index (χ0v) is 30.5. The van der Waals surface area contributed by atoms with Crippen molar-refractivity contribution < 1.29 is 24.2 Å². The highest BCUT2D eigenvalue weighted by atomic mass is 35.5. The summed E-state index contributed by atoms with van der Waals surface area (Å²) in [4.78, 5) is 42.9. The van der Waals surface area contributed by atoms with Gasteiger partial charge in [-0.1, -0.05) is 66.2 Å². The molecule has 3 aromatic carbocycles. The third-order valence-electron chi connectivity index (χ3n) is 10.8. The third-order valence-corrected chi connectivity index (χ3v) is 13.5. The highest BCUT2D eigenvalue weighted by Gasteiger charge is 2.66. The predicted octanol–water partition coefficient (Wildman–Crippen LogP) is 6.01. The number of carbonyl (C=O) groups is 2. The van der Waals surface area contributed by atoms with Crippen LogP contribution in [0.4, 0.5) is 11.4 Å². The number of anilines is 2. The summed E-state index contributed by atoms with van der Waals surface area (Å²) in [7, 11) is -2.88. The van der Waals surface area contributed by atoms with E-state index in [9.17, 15) is 19.5 Å². The van der Waals surface area contributed by atoms with E-state index in [1.54, 1.807) is 15.6 Å². The average molecular weight is 714 g/mol. The van der Waals surface area contributed by atoms with Crippen molar-refractivity contribution in [1.29, 1.82) is 0 Å². The van der Waals surface area contributed by atoms with Gasteiger partial charge in [-0.2, -0.15) is 0 Å². The number of carbonyl (C=O) groups excluding carboxylic acids is 2. The van der Waals surface area contributed by atoms with Crippen molar-refractivity contribution in [2.45, 2.75) is 82.0 Å².